The van der Waals surface area contributed by atoms with Crippen LogP contribution in [0.25, 0.3) is 0 Å². The Morgan fingerprint density at radius 2 is 1.66 bits per heavy atom. The first-order chi connectivity index (χ1) is 13.6. The molecule has 0 fully saturated rings. The minimum Gasteiger partial charge on any atom is -0.444 e. The van der Waals surface area contributed by atoms with Crippen LogP contribution in [-0.2, 0) is 4.74 Å². The molecule has 1 unspecified atom stereocenters. The van der Waals surface area contributed by atoms with Crippen molar-refractivity contribution in [1.82, 2.24) is 10.2 Å². The molecule has 0 aliphatic carbocycles. The van der Waals surface area contributed by atoms with Gasteiger partial charge in [0.15, 0.2) is 0 Å². The molecule has 3 amide bonds. The van der Waals surface area contributed by atoms with Gasteiger partial charge in [0.05, 0.1) is 17.2 Å². The number of benzene rings is 2. The van der Waals surface area contributed by atoms with Crippen LogP contribution >= 0.6 is 0 Å². The molecule has 3 rings (SSSR count). The number of alkyl carbamates (subject to hydrolysis) is 1. The average Bonchev–Trinajstić information content (AvgIpc) is 2.87. The van der Waals surface area contributed by atoms with Gasteiger partial charge in [-0.05, 0) is 39.0 Å². The van der Waals surface area contributed by atoms with E-state index in [9.17, 15) is 23.2 Å². The lowest BCUT2D eigenvalue weighted by molar-refractivity contribution is 0.0465. The quantitative estimate of drug-likeness (QED) is 0.789. The van der Waals surface area contributed by atoms with Crippen molar-refractivity contribution in [3.63, 3.8) is 0 Å². The number of carbonyl (C=O) groups excluding carboxylic acids is 3. The summed E-state index contributed by atoms with van der Waals surface area (Å²) < 4.78 is 33.0. The molecule has 1 heterocycles. The summed E-state index contributed by atoms with van der Waals surface area (Å²) in [4.78, 5) is 38.6. The predicted molar refractivity (Wildman–Crippen MR) is 100 cm³/mol. The Morgan fingerprint density at radius 3 is 2.17 bits per heavy atom. The van der Waals surface area contributed by atoms with Crippen LogP contribution < -0.4 is 5.32 Å². The van der Waals surface area contributed by atoms with Crippen molar-refractivity contribution in [3.05, 3.63) is 70.8 Å². The Hall–Kier alpha value is -3.29. The average molecular weight is 402 g/mol. The lowest BCUT2D eigenvalue weighted by Gasteiger charge is -2.28. The summed E-state index contributed by atoms with van der Waals surface area (Å²) in [5.74, 6) is -2.97. The van der Waals surface area contributed by atoms with Gasteiger partial charge in [-0.15, -0.1) is 0 Å². The van der Waals surface area contributed by atoms with Crippen molar-refractivity contribution in [2.75, 3.05) is 6.54 Å². The minimum atomic E-state index is -1.18. The molecule has 1 aliphatic rings. The van der Waals surface area contributed by atoms with Gasteiger partial charge in [-0.2, -0.15) is 0 Å². The molecule has 2 aromatic carbocycles. The molecule has 0 radical (unpaired) electrons. The van der Waals surface area contributed by atoms with Crippen LogP contribution in [0.2, 0.25) is 0 Å². The van der Waals surface area contributed by atoms with Crippen LogP contribution in [0.3, 0.4) is 0 Å². The normalized spacial score (nSPS) is 14.6. The largest absolute Gasteiger partial charge is 0.444 e. The Morgan fingerprint density at radius 1 is 1.07 bits per heavy atom. The van der Waals surface area contributed by atoms with Crippen molar-refractivity contribution in [1.29, 1.82) is 0 Å². The second-order valence-electron chi connectivity index (χ2n) is 7.59. The number of hydrogen-bond acceptors (Lipinski definition) is 4. The molecule has 0 saturated carbocycles. The summed E-state index contributed by atoms with van der Waals surface area (Å²) >= 11 is 0. The van der Waals surface area contributed by atoms with Crippen molar-refractivity contribution < 1.29 is 27.9 Å². The van der Waals surface area contributed by atoms with E-state index in [1.807, 2.05) is 0 Å². The summed E-state index contributed by atoms with van der Waals surface area (Å²) in [6, 6.07) is 7.86. The fraction of sp³-hybridized carbons (Fsp3) is 0.286. The summed E-state index contributed by atoms with van der Waals surface area (Å²) in [7, 11) is 0. The van der Waals surface area contributed by atoms with Crippen LogP contribution in [0.1, 0.15) is 53.1 Å². The Labute approximate surface area is 166 Å². The lowest BCUT2D eigenvalue weighted by Crippen LogP contribution is -2.42. The van der Waals surface area contributed by atoms with E-state index in [1.165, 1.54) is 12.1 Å². The van der Waals surface area contributed by atoms with Gasteiger partial charge in [0, 0.05) is 18.2 Å². The number of fused-ring (bicyclic) bond motifs is 1. The highest BCUT2D eigenvalue weighted by Crippen LogP contribution is 2.32. The molecule has 29 heavy (non-hydrogen) atoms. The van der Waals surface area contributed by atoms with E-state index in [4.69, 9.17) is 4.74 Å². The molecule has 6 nitrogen and oxygen atoms in total. The smallest absolute Gasteiger partial charge is 0.407 e. The molecule has 1 aliphatic heterocycles. The summed E-state index contributed by atoms with van der Waals surface area (Å²) in [6.45, 7) is 4.72. The van der Waals surface area contributed by atoms with Gasteiger partial charge in [-0.1, -0.05) is 18.2 Å². The van der Waals surface area contributed by atoms with Crippen molar-refractivity contribution in [3.8, 4) is 0 Å². The number of nitrogens with one attached hydrogen (secondary N) is 1. The maximum absolute atomic E-state index is 14.5. The van der Waals surface area contributed by atoms with Crippen molar-refractivity contribution >= 4 is 17.9 Å². The highest BCUT2D eigenvalue weighted by atomic mass is 19.1. The van der Waals surface area contributed by atoms with Gasteiger partial charge < -0.3 is 10.1 Å². The van der Waals surface area contributed by atoms with Gasteiger partial charge in [-0.3, -0.25) is 14.5 Å². The maximum atomic E-state index is 14.5. The van der Waals surface area contributed by atoms with E-state index in [0.717, 1.165) is 17.0 Å². The second kappa shape index (κ2) is 7.62. The molecule has 0 aromatic heterocycles. The Bertz CT molecular complexity index is 950. The number of ether oxygens (including phenoxy) is 1. The van der Waals surface area contributed by atoms with Crippen molar-refractivity contribution in [2.45, 2.75) is 32.4 Å². The van der Waals surface area contributed by atoms with Crippen molar-refractivity contribution in [2.24, 2.45) is 0 Å². The lowest BCUT2D eigenvalue weighted by atomic mass is 10.0. The standard InChI is InChI=1S/C21H20F2N2O4/c1-21(2,3)29-20(28)24-11-17(15-9-8-12(22)10-16(15)23)25-18(26)13-6-4-5-7-14(13)19(25)27/h4-10,17H,11H2,1-3H3,(H,24,28). The van der Waals surface area contributed by atoms with Crippen LogP contribution in [-0.4, -0.2) is 35.0 Å². The molecule has 152 valence electrons. The zero-order valence-electron chi connectivity index (χ0n) is 16.2. The van der Waals surface area contributed by atoms with E-state index in [-0.39, 0.29) is 23.2 Å². The topological polar surface area (TPSA) is 75.7 Å². The first-order valence-corrected chi connectivity index (χ1v) is 8.97. The van der Waals surface area contributed by atoms with E-state index in [1.54, 1.807) is 32.9 Å². The number of amides is 3. The van der Waals surface area contributed by atoms with Gasteiger partial charge in [-0.25, -0.2) is 13.6 Å². The monoisotopic (exact) mass is 402 g/mol. The first kappa shape index (κ1) is 20.4. The van der Waals surface area contributed by atoms with E-state index in [0.29, 0.717) is 6.07 Å². The highest BCUT2D eigenvalue weighted by molar-refractivity contribution is 6.21. The third-order valence-electron chi connectivity index (χ3n) is 4.30. The fourth-order valence-electron chi connectivity index (χ4n) is 3.10. The number of hydrogen-bond donors (Lipinski definition) is 1. The summed E-state index contributed by atoms with van der Waals surface area (Å²) in [5.41, 5.74) is -0.502. The van der Waals surface area contributed by atoms with Crippen LogP contribution in [0.4, 0.5) is 13.6 Å². The molecule has 1 N–H and O–H groups in total. The molecular formula is C21H20F2N2O4. The molecule has 2 aromatic rings. The number of imide groups is 1. The van der Waals surface area contributed by atoms with E-state index in [2.05, 4.69) is 5.32 Å². The molecule has 8 heteroatoms. The van der Waals surface area contributed by atoms with Gasteiger partial charge in [0.2, 0.25) is 0 Å². The second-order valence-corrected chi connectivity index (χ2v) is 7.59. The van der Waals surface area contributed by atoms with Crippen LogP contribution in [0, 0.1) is 11.6 Å². The molecule has 0 bridgehead atoms. The number of carbonyl (C=O) groups is 3. The molecule has 0 spiro atoms. The fourth-order valence-corrected chi connectivity index (χ4v) is 3.10. The SMILES string of the molecule is CC(C)(C)OC(=O)NCC(c1ccc(F)cc1F)N1C(=O)c2ccccc2C1=O. The van der Waals surface area contributed by atoms with E-state index >= 15 is 0 Å². The maximum Gasteiger partial charge on any atom is 0.407 e. The Kier molecular flexibility index (Phi) is 5.37. The van der Waals surface area contributed by atoms with E-state index < -0.39 is 41.2 Å². The van der Waals surface area contributed by atoms with Gasteiger partial charge in [0.25, 0.3) is 11.8 Å². The van der Waals surface area contributed by atoms with Gasteiger partial charge >= 0.3 is 6.09 Å². The Balaban J connectivity index is 1.95. The highest BCUT2D eigenvalue weighted by Gasteiger charge is 2.41. The third-order valence-corrected chi connectivity index (χ3v) is 4.30. The minimum absolute atomic E-state index is 0.100. The first-order valence-electron chi connectivity index (χ1n) is 8.97. The molecular weight excluding hydrogens is 382 g/mol. The number of rotatable bonds is 4. The zero-order valence-corrected chi connectivity index (χ0v) is 16.2. The number of nitrogens with zero attached hydrogens (tertiary/aromatic N) is 1. The predicted octanol–water partition coefficient (Wildman–Crippen LogP) is 3.83. The molecule has 1 atom stereocenters. The molecule has 0 saturated heterocycles. The van der Waals surface area contributed by atoms with Crippen LogP contribution in [0.5, 0.6) is 0 Å². The van der Waals surface area contributed by atoms with Gasteiger partial charge in [0.1, 0.15) is 17.2 Å². The third kappa shape index (κ3) is 4.26. The summed E-state index contributed by atoms with van der Waals surface area (Å²) in [5, 5.41) is 2.46. The summed E-state index contributed by atoms with van der Waals surface area (Å²) in [6.07, 6.45) is -0.790. The number of halogens is 2. The zero-order chi connectivity index (χ0) is 21.3. The van der Waals surface area contributed by atoms with Crippen LogP contribution in [0.15, 0.2) is 42.5 Å².